The number of nitrogens with one attached hydrogen (secondary N) is 1. The molecule has 1 aromatic rings. The number of rotatable bonds is 6. The first-order valence-corrected chi connectivity index (χ1v) is 8.24. The van der Waals surface area contributed by atoms with E-state index in [4.69, 9.17) is 11.6 Å². The lowest BCUT2D eigenvalue weighted by Crippen LogP contribution is -2.34. The Morgan fingerprint density at radius 1 is 1.44 bits per heavy atom. The molecule has 1 aromatic heterocycles. The predicted octanol–water partition coefficient (Wildman–Crippen LogP) is 2.78. The molecule has 0 aromatic carbocycles. The van der Waals surface area contributed by atoms with Gasteiger partial charge in [-0.2, -0.15) is 0 Å². The van der Waals surface area contributed by atoms with E-state index in [2.05, 4.69) is 25.6 Å². The summed E-state index contributed by atoms with van der Waals surface area (Å²) in [4.78, 5) is 4.00. The van der Waals surface area contributed by atoms with E-state index >= 15 is 0 Å². The molecule has 0 fully saturated rings. The number of nitrogens with zero attached hydrogens (tertiary/aromatic N) is 1. The molecule has 1 rings (SSSR count). The van der Waals surface area contributed by atoms with Crippen molar-refractivity contribution in [1.29, 1.82) is 0 Å². The molecule has 18 heavy (non-hydrogen) atoms. The summed E-state index contributed by atoms with van der Waals surface area (Å²) in [6.45, 7) is 4.28. The Morgan fingerprint density at radius 2 is 2.11 bits per heavy atom. The summed E-state index contributed by atoms with van der Waals surface area (Å²) in [5, 5.41) is 0. The van der Waals surface area contributed by atoms with Gasteiger partial charge in [0.25, 0.3) is 0 Å². The highest BCUT2D eigenvalue weighted by Crippen LogP contribution is 2.21. The Kier molecular flexibility index (Phi) is 5.58. The zero-order valence-electron chi connectivity index (χ0n) is 10.3. The third-order valence-electron chi connectivity index (χ3n) is 2.50. The highest BCUT2D eigenvalue weighted by molar-refractivity contribution is 9.10. The highest BCUT2D eigenvalue weighted by atomic mass is 79.9. The molecule has 0 amide bonds. The summed E-state index contributed by atoms with van der Waals surface area (Å²) < 4.78 is 27.3. The number of pyridine rings is 1. The van der Waals surface area contributed by atoms with E-state index in [-0.39, 0.29) is 10.3 Å². The summed E-state index contributed by atoms with van der Waals surface area (Å²) in [6.07, 6.45) is 3.60. The van der Waals surface area contributed by atoms with E-state index < -0.39 is 10.0 Å². The summed E-state index contributed by atoms with van der Waals surface area (Å²) in [5.74, 6) is 0.507. The van der Waals surface area contributed by atoms with Crippen LogP contribution in [0.4, 0.5) is 0 Å². The van der Waals surface area contributed by atoms with Crippen molar-refractivity contribution in [3.05, 3.63) is 22.9 Å². The molecule has 0 saturated heterocycles. The van der Waals surface area contributed by atoms with Crippen LogP contribution >= 0.6 is 27.5 Å². The SMILES string of the molecule is CC(C)(CCCl)CNS(=O)(=O)c1cncc(Br)c1. The van der Waals surface area contributed by atoms with Gasteiger partial charge in [-0.15, -0.1) is 11.6 Å². The van der Waals surface area contributed by atoms with Gasteiger partial charge in [0.05, 0.1) is 0 Å². The Balaban J connectivity index is 2.78. The molecule has 0 aliphatic heterocycles. The largest absolute Gasteiger partial charge is 0.262 e. The van der Waals surface area contributed by atoms with Crippen LogP contribution in [-0.2, 0) is 10.0 Å². The second-order valence-corrected chi connectivity index (χ2v) is 7.83. The van der Waals surface area contributed by atoms with Gasteiger partial charge in [0.1, 0.15) is 4.90 Å². The van der Waals surface area contributed by atoms with Crippen LogP contribution in [0.25, 0.3) is 0 Å². The molecule has 1 N–H and O–H groups in total. The standard InChI is InChI=1S/C11H16BrClN2O2S/c1-11(2,3-4-13)8-15-18(16,17)10-5-9(12)6-14-7-10/h5-7,15H,3-4,8H2,1-2H3. The number of halogens is 2. The van der Waals surface area contributed by atoms with E-state index in [9.17, 15) is 8.42 Å². The Bertz CT molecular complexity index is 506. The fourth-order valence-electron chi connectivity index (χ4n) is 1.26. The molecular formula is C11H16BrClN2O2S. The minimum atomic E-state index is -3.52. The second kappa shape index (κ2) is 6.32. The van der Waals surface area contributed by atoms with Crippen LogP contribution in [0.3, 0.4) is 0 Å². The van der Waals surface area contributed by atoms with E-state index in [0.29, 0.717) is 16.9 Å². The molecule has 0 spiro atoms. The maximum atomic E-state index is 12.0. The minimum absolute atomic E-state index is 0.151. The number of hydrogen-bond acceptors (Lipinski definition) is 3. The molecule has 0 unspecified atom stereocenters. The smallest absolute Gasteiger partial charge is 0.242 e. The van der Waals surface area contributed by atoms with Crippen LogP contribution in [0.2, 0.25) is 0 Å². The average Bonchev–Trinajstić information content (AvgIpc) is 2.27. The third-order valence-corrected chi connectivity index (χ3v) is 4.49. The summed E-state index contributed by atoms with van der Waals surface area (Å²) >= 11 is 8.88. The lowest BCUT2D eigenvalue weighted by molar-refractivity contribution is 0.352. The molecule has 0 saturated carbocycles. The fourth-order valence-corrected chi connectivity index (χ4v) is 3.51. The first-order valence-electron chi connectivity index (χ1n) is 5.43. The molecule has 0 radical (unpaired) electrons. The van der Waals surface area contributed by atoms with Crippen molar-refractivity contribution in [3.8, 4) is 0 Å². The van der Waals surface area contributed by atoms with Crippen molar-refractivity contribution in [3.63, 3.8) is 0 Å². The summed E-state index contributed by atoms with van der Waals surface area (Å²) in [7, 11) is -3.52. The van der Waals surface area contributed by atoms with Crippen molar-refractivity contribution in [1.82, 2.24) is 9.71 Å². The van der Waals surface area contributed by atoms with Gasteiger partial charge in [-0.1, -0.05) is 13.8 Å². The van der Waals surface area contributed by atoms with Crippen LogP contribution in [0.1, 0.15) is 20.3 Å². The van der Waals surface area contributed by atoms with Crippen LogP contribution in [0, 0.1) is 5.41 Å². The number of aromatic nitrogens is 1. The molecule has 0 atom stereocenters. The van der Waals surface area contributed by atoms with Gasteiger partial charge < -0.3 is 0 Å². The molecule has 4 nitrogen and oxygen atoms in total. The average molecular weight is 356 g/mol. The summed E-state index contributed by atoms with van der Waals surface area (Å²) in [5.41, 5.74) is -0.172. The van der Waals surface area contributed by atoms with E-state index in [1.54, 1.807) is 0 Å². The van der Waals surface area contributed by atoms with Gasteiger partial charge in [0.15, 0.2) is 0 Å². The van der Waals surface area contributed by atoms with Crippen LogP contribution < -0.4 is 4.72 Å². The summed E-state index contributed by atoms with van der Waals surface area (Å²) in [6, 6.07) is 1.52. The number of alkyl halides is 1. The highest BCUT2D eigenvalue weighted by Gasteiger charge is 2.22. The van der Waals surface area contributed by atoms with Gasteiger partial charge in [-0.25, -0.2) is 13.1 Å². The Labute approximate surface area is 121 Å². The van der Waals surface area contributed by atoms with Crippen LogP contribution in [0.5, 0.6) is 0 Å². The molecular weight excluding hydrogens is 340 g/mol. The van der Waals surface area contributed by atoms with Gasteiger partial charge in [0.2, 0.25) is 10.0 Å². The maximum Gasteiger partial charge on any atom is 0.242 e. The third kappa shape index (κ3) is 4.84. The van der Waals surface area contributed by atoms with Crippen LogP contribution in [0.15, 0.2) is 27.8 Å². The molecule has 102 valence electrons. The molecule has 7 heteroatoms. The topological polar surface area (TPSA) is 59.1 Å². The molecule has 0 aliphatic carbocycles. The van der Waals surface area contributed by atoms with Gasteiger partial charge in [0, 0.05) is 29.3 Å². The first kappa shape index (κ1) is 15.9. The predicted molar refractivity (Wildman–Crippen MR) is 76.2 cm³/mol. The van der Waals surface area contributed by atoms with Crippen molar-refractivity contribution in [2.24, 2.45) is 5.41 Å². The zero-order chi connectivity index (χ0) is 13.8. The maximum absolute atomic E-state index is 12.0. The first-order chi connectivity index (χ1) is 8.27. The Morgan fingerprint density at radius 3 is 2.67 bits per heavy atom. The van der Waals surface area contributed by atoms with Gasteiger partial charge in [-0.05, 0) is 33.8 Å². The number of hydrogen-bond donors (Lipinski definition) is 1. The Hall–Kier alpha value is -0.170. The monoisotopic (exact) mass is 354 g/mol. The lowest BCUT2D eigenvalue weighted by atomic mass is 9.91. The fraction of sp³-hybridized carbons (Fsp3) is 0.545. The molecule has 0 bridgehead atoms. The molecule has 1 heterocycles. The normalized spacial score (nSPS) is 12.7. The quantitative estimate of drug-likeness (QED) is 0.798. The van der Waals surface area contributed by atoms with Gasteiger partial charge in [-0.3, -0.25) is 4.98 Å². The van der Waals surface area contributed by atoms with Crippen molar-refractivity contribution in [2.45, 2.75) is 25.2 Å². The van der Waals surface area contributed by atoms with Crippen molar-refractivity contribution in [2.75, 3.05) is 12.4 Å². The van der Waals surface area contributed by atoms with Crippen molar-refractivity contribution < 1.29 is 8.42 Å². The van der Waals surface area contributed by atoms with E-state index in [1.807, 2.05) is 13.8 Å². The lowest BCUT2D eigenvalue weighted by Gasteiger charge is -2.23. The van der Waals surface area contributed by atoms with Gasteiger partial charge >= 0.3 is 0 Å². The van der Waals surface area contributed by atoms with E-state index in [1.165, 1.54) is 18.5 Å². The zero-order valence-corrected chi connectivity index (χ0v) is 13.4. The minimum Gasteiger partial charge on any atom is -0.262 e. The van der Waals surface area contributed by atoms with E-state index in [0.717, 1.165) is 6.42 Å². The number of sulfonamides is 1. The van der Waals surface area contributed by atoms with Crippen LogP contribution in [-0.4, -0.2) is 25.8 Å². The second-order valence-electron chi connectivity index (χ2n) is 4.77. The van der Waals surface area contributed by atoms with Crippen molar-refractivity contribution >= 4 is 37.6 Å². The molecule has 0 aliphatic rings.